The van der Waals surface area contributed by atoms with Crippen LogP contribution in [0, 0.1) is 6.92 Å². The number of fused-ring (bicyclic) bond motifs is 3. The first-order valence-corrected chi connectivity index (χ1v) is 8.43. The van der Waals surface area contributed by atoms with Gasteiger partial charge in [-0.1, -0.05) is 5.21 Å². The molecule has 2 aromatic rings. The van der Waals surface area contributed by atoms with Gasteiger partial charge < -0.3 is 14.4 Å². The molecular formula is C15H18N4O3S. The minimum absolute atomic E-state index is 0.0191. The van der Waals surface area contributed by atoms with Crippen molar-refractivity contribution in [3.8, 4) is 5.75 Å². The van der Waals surface area contributed by atoms with Gasteiger partial charge in [0.05, 0.1) is 37.8 Å². The lowest BCUT2D eigenvalue weighted by atomic mass is 10.0. The highest BCUT2D eigenvalue weighted by Gasteiger charge is 2.38. The molecule has 1 amide bonds. The van der Waals surface area contributed by atoms with Crippen molar-refractivity contribution in [3.05, 3.63) is 27.7 Å². The monoisotopic (exact) mass is 334 g/mol. The summed E-state index contributed by atoms with van der Waals surface area (Å²) in [6.45, 7) is 3.79. The van der Waals surface area contributed by atoms with Crippen molar-refractivity contribution < 1.29 is 14.3 Å². The zero-order valence-corrected chi connectivity index (χ0v) is 13.9. The van der Waals surface area contributed by atoms with E-state index in [1.165, 1.54) is 11.3 Å². The molecule has 4 heterocycles. The summed E-state index contributed by atoms with van der Waals surface area (Å²) in [6.07, 6.45) is 2.63. The molecule has 0 spiro atoms. The Bertz CT molecular complexity index is 741. The number of thiophene rings is 1. The molecule has 122 valence electrons. The number of nitrogens with zero attached hydrogens (tertiary/aromatic N) is 4. The van der Waals surface area contributed by atoms with E-state index >= 15 is 0 Å². The van der Waals surface area contributed by atoms with Gasteiger partial charge in [-0.25, -0.2) is 4.68 Å². The smallest absolute Gasteiger partial charge is 0.267 e. The minimum Gasteiger partial charge on any atom is -0.495 e. The molecule has 8 heteroatoms. The van der Waals surface area contributed by atoms with E-state index in [0.717, 1.165) is 17.0 Å². The van der Waals surface area contributed by atoms with Crippen LogP contribution in [0.5, 0.6) is 5.75 Å². The Hall–Kier alpha value is -1.93. The van der Waals surface area contributed by atoms with E-state index in [1.54, 1.807) is 13.3 Å². The van der Waals surface area contributed by atoms with Gasteiger partial charge >= 0.3 is 0 Å². The molecule has 4 rings (SSSR count). The number of likely N-dealkylation sites (tertiary alicyclic amines) is 1. The number of piperidine rings is 1. The topological polar surface area (TPSA) is 69.5 Å². The van der Waals surface area contributed by atoms with Gasteiger partial charge in [0, 0.05) is 18.0 Å². The van der Waals surface area contributed by atoms with Crippen molar-refractivity contribution in [2.24, 2.45) is 0 Å². The maximum Gasteiger partial charge on any atom is 0.267 e. The summed E-state index contributed by atoms with van der Waals surface area (Å²) in [5.41, 5.74) is 0.963. The van der Waals surface area contributed by atoms with Gasteiger partial charge in [-0.3, -0.25) is 4.79 Å². The van der Waals surface area contributed by atoms with Gasteiger partial charge in [-0.05, 0) is 19.4 Å². The molecule has 0 unspecified atom stereocenters. The van der Waals surface area contributed by atoms with Crippen molar-refractivity contribution in [1.82, 2.24) is 19.9 Å². The Morgan fingerprint density at radius 1 is 1.52 bits per heavy atom. The number of amides is 1. The predicted octanol–water partition coefficient (Wildman–Crippen LogP) is 1.64. The summed E-state index contributed by atoms with van der Waals surface area (Å²) in [5, 5.41) is 8.14. The summed E-state index contributed by atoms with van der Waals surface area (Å²) in [4.78, 5) is 16.5. The van der Waals surface area contributed by atoms with Crippen molar-refractivity contribution >= 4 is 17.2 Å². The fourth-order valence-electron chi connectivity index (χ4n) is 3.30. The number of aromatic nitrogens is 3. The number of carbonyl (C=O) groups is 1. The summed E-state index contributed by atoms with van der Waals surface area (Å²) >= 11 is 1.48. The Morgan fingerprint density at radius 3 is 3.22 bits per heavy atom. The molecule has 1 fully saturated rings. The second kappa shape index (κ2) is 5.61. The van der Waals surface area contributed by atoms with Gasteiger partial charge in [-0.2, -0.15) is 0 Å². The highest BCUT2D eigenvalue weighted by atomic mass is 32.1. The number of hydrogen-bond acceptors (Lipinski definition) is 6. The number of methoxy groups -OCH3 is 1. The first-order chi connectivity index (χ1) is 11.2. The third-order valence-electron chi connectivity index (χ3n) is 4.45. The molecule has 2 atom stereocenters. The Kier molecular flexibility index (Phi) is 3.57. The second-order valence-corrected chi connectivity index (χ2v) is 7.14. The van der Waals surface area contributed by atoms with Crippen LogP contribution in [-0.4, -0.2) is 52.1 Å². The summed E-state index contributed by atoms with van der Waals surface area (Å²) in [7, 11) is 1.60. The molecule has 23 heavy (non-hydrogen) atoms. The average molecular weight is 334 g/mol. The maximum absolute atomic E-state index is 12.9. The molecule has 0 N–H and O–H groups in total. The quantitative estimate of drug-likeness (QED) is 0.835. The Balaban J connectivity index is 1.59. The molecule has 0 saturated carbocycles. The second-order valence-electron chi connectivity index (χ2n) is 5.88. The third kappa shape index (κ3) is 2.42. The third-order valence-corrected chi connectivity index (χ3v) is 5.47. The van der Waals surface area contributed by atoms with E-state index in [2.05, 4.69) is 10.3 Å². The summed E-state index contributed by atoms with van der Waals surface area (Å²) < 4.78 is 13.1. The van der Waals surface area contributed by atoms with Crippen LogP contribution < -0.4 is 4.74 Å². The molecule has 7 nitrogen and oxygen atoms in total. The molecule has 0 radical (unpaired) electrons. The SMILES string of the molecule is COc1cc(C)sc1C(=O)N1CC[C@@H]2OCc3cnnn3[C@H]2C1. The van der Waals surface area contributed by atoms with Crippen LogP contribution in [0.4, 0.5) is 0 Å². The average Bonchev–Trinajstić information content (AvgIpc) is 3.19. The van der Waals surface area contributed by atoms with E-state index in [-0.39, 0.29) is 18.1 Å². The minimum atomic E-state index is 0.0191. The number of rotatable bonds is 2. The van der Waals surface area contributed by atoms with Gasteiger partial charge in [0.1, 0.15) is 10.6 Å². The lowest BCUT2D eigenvalue weighted by Crippen LogP contribution is -2.49. The normalized spacial score (nSPS) is 23.3. The van der Waals surface area contributed by atoms with Crippen molar-refractivity contribution in [1.29, 1.82) is 0 Å². The fraction of sp³-hybridized carbons (Fsp3) is 0.533. The van der Waals surface area contributed by atoms with Crippen molar-refractivity contribution in [2.75, 3.05) is 20.2 Å². The van der Waals surface area contributed by atoms with E-state index in [9.17, 15) is 4.79 Å². The Labute approximate surface area is 137 Å². The van der Waals surface area contributed by atoms with Gasteiger partial charge in [0.15, 0.2) is 0 Å². The van der Waals surface area contributed by atoms with Gasteiger partial charge in [0.25, 0.3) is 5.91 Å². The van der Waals surface area contributed by atoms with Crippen LogP contribution >= 0.6 is 11.3 Å². The zero-order chi connectivity index (χ0) is 16.0. The van der Waals surface area contributed by atoms with E-state index in [4.69, 9.17) is 9.47 Å². The van der Waals surface area contributed by atoms with Crippen molar-refractivity contribution in [3.63, 3.8) is 0 Å². The van der Waals surface area contributed by atoms with Crippen LogP contribution in [0.3, 0.4) is 0 Å². The molecular weight excluding hydrogens is 316 g/mol. The number of carbonyl (C=O) groups excluding carboxylic acids is 1. The molecule has 0 aromatic carbocycles. The molecule has 2 aliphatic rings. The Morgan fingerprint density at radius 2 is 2.39 bits per heavy atom. The highest BCUT2D eigenvalue weighted by molar-refractivity contribution is 7.14. The molecule has 2 aromatic heterocycles. The van der Waals surface area contributed by atoms with Crippen LogP contribution in [0.25, 0.3) is 0 Å². The predicted molar refractivity (Wildman–Crippen MR) is 83.8 cm³/mol. The zero-order valence-electron chi connectivity index (χ0n) is 13.1. The lowest BCUT2D eigenvalue weighted by Gasteiger charge is -2.40. The van der Waals surface area contributed by atoms with Crippen LogP contribution in [-0.2, 0) is 11.3 Å². The first-order valence-electron chi connectivity index (χ1n) is 7.61. The first kappa shape index (κ1) is 14.6. The van der Waals surface area contributed by atoms with E-state index < -0.39 is 0 Å². The van der Waals surface area contributed by atoms with Crippen LogP contribution in [0.2, 0.25) is 0 Å². The summed E-state index contributed by atoms with van der Waals surface area (Å²) in [5.74, 6) is 0.673. The number of hydrogen-bond donors (Lipinski definition) is 0. The number of aryl methyl sites for hydroxylation is 1. The molecule has 2 aliphatic heterocycles. The molecule has 0 aliphatic carbocycles. The fourth-order valence-corrected chi connectivity index (χ4v) is 4.25. The standard InChI is InChI=1S/C15H18N4O3S/c1-9-5-13(21-2)14(23-9)15(20)18-4-3-12-11(7-18)19-10(8-22-12)6-16-17-19/h5-6,11-12H,3-4,7-8H2,1-2H3/t11-,12-/m0/s1. The number of ether oxygens (including phenoxy) is 2. The summed E-state index contributed by atoms with van der Waals surface area (Å²) in [6, 6.07) is 1.94. The lowest BCUT2D eigenvalue weighted by molar-refractivity contribution is -0.0604. The van der Waals surface area contributed by atoms with E-state index in [0.29, 0.717) is 30.3 Å². The van der Waals surface area contributed by atoms with Gasteiger partial charge in [0.2, 0.25) is 0 Å². The van der Waals surface area contributed by atoms with Gasteiger partial charge in [-0.15, -0.1) is 16.4 Å². The van der Waals surface area contributed by atoms with Crippen LogP contribution in [0.1, 0.15) is 32.7 Å². The molecule has 0 bridgehead atoms. The highest BCUT2D eigenvalue weighted by Crippen LogP contribution is 2.34. The largest absolute Gasteiger partial charge is 0.495 e. The van der Waals surface area contributed by atoms with E-state index in [1.807, 2.05) is 22.6 Å². The molecule has 1 saturated heterocycles. The van der Waals surface area contributed by atoms with Crippen molar-refractivity contribution in [2.45, 2.75) is 32.1 Å². The maximum atomic E-state index is 12.9. The van der Waals surface area contributed by atoms with Crippen LogP contribution in [0.15, 0.2) is 12.3 Å².